The van der Waals surface area contributed by atoms with Gasteiger partial charge in [0.2, 0.25) is 0 Å². The lowest BCUT2D eigenvalue weighted by Gasteiger charge is -2.08. The van der Waals surface area contributed by atoms with Gasteiger partial charge in [-0.25, -0.2) is 14.2 Å². The predicted octanol–water partition coefficient (Wildman–Crippen LogP) is 3.27. The molecule has 9 heteroatoms. The molecule has 0 aliphatic heterocycles. The second-order valence-corrected chi connectivity index (χ2v) is 5.46. The summed E-state index contributed by atoms with van der Waals surface area (Å²) >= 11 is 0. The number of nitriles is 1. The number of halogens is 3. The maximum atomic E-state index is 13.0. The van der Waals surface area contributed by atoms with Crippen LogP contribution in [0.1, 0.15) is 17.0 Å². The lowest BCUT2D eigenvalue weighted by Crippen LogP contribution is -2.07. The van der Waals surface area contributed by atoms with Crippen molar-refractivity contribution in [2.75, 3.05) is 0 Å². The van der Waals surface area contributed by atoms with Crippen molar-refractivity contribution in [3.05, 3.63) is 53.6 Å². The summed E-state index contributed by atoms with van der Waals surface area (Å²) in [6, 6.07) is 8.93. The van der Waals surface area contributed by atoms with Gasteiger partial charge in [0.15, 0.2) is 5.65 Å². The number of alkyl halides is 3. The first-order chi connectivity index (χ1) is 11.9. The minimum absolute atomic E-state index is 0.0837. The molecule has 0 saturated carbocycles. The second kappa shape index (κ2) is 5.04. The molecule has 0 saturated heterocycles. The maximum absolute atomic E-state index is 13.0. The molecule has 0 fully saturated rings. The van der Waals surface area contributed by atoms with Crippen molar-refractivity contribution in [2.24, 2.45) is 0 Å². The molecule has 4 aromatic rings. The van der Waals surface area contributed by atoms with E-state index >= 15 is 0 Å². The van der Waals surface area contributed by atoms with E-state index in [1.807, 2.05) is 31.2 Å². The van der Waals surface area contributed by atoms with E-state index < -0.39 is 12.0 Å². The van der Waals surface area contributed by atoms with Crippen LogP contribution in [0.25, 0.3) is 22.2 Å². The number of pyridine rings is 1. The molecule has 4 rings (SSSR count). The molecule has 6 nitrogen and oxygen atoms in total. The molecule has 0 N–H and O–H groups in total. The number of nitrogens with zero attached hydrogens (tertiary/aromatic N) is 6. The summed E-state index contributed by atoms with van der Waals surface area (Å²) in [5.41, 5.74) is 1.80. The van der Waals surface area contributed by atoms with E-state index in [0.717, 1.165) is 15.5 Å². The van der Waals surface area contributed by atoms with Gasteiger partial charge in [0, 0.05) is 11.6 Å². The predicted molar refractivity (Wildman–Crippen MR) is 82.1 cm³/mol. The number of aryl methyl sites for hydroxylation is 1. The monoisotopic (exact) mass is 342 g/mol. The fourth-order valence-corrected chi connectivity index (χ4v) is 2.77. The highest BCUT2D eigenvalue weighted by Crippen LogP contribution is 2.30. The number of rotatable bonds is 1. The van der Waals surface area contributed by atoms with Crippen LogP contribution in [-0.2, 0) is 6.18 Å². The van der Waals surface area contributed by atoms with E-state index in [-0.39, 0.29) is 16.9 Å². The largest absolute Gasteiger partial charge is 0.453 e. The number of aromatic nitrogens is 5. The summed E-state index contributed by atoms with van der Waals surface area (Å²) < 4.78 is 41.4. The summed E-state index contributed by atoms with van der Waals surface area (Å²) in [6.07, 6.45) is -1.82. The Morgan fingerprint density at radius 1 is 1.20 bits per heavy atom. The zero-order chi connectivity index (χ0) is 17.8. The third kappa shape index (κ3) is 2.22. The molecular weight excluding hydrogens is 333 g/mol. The summed E-state index contributed by atoms with van der Waals surface area (Å²) in [4.78, 5) is 3.60. The molecule has 0 bridgehead atoms. The van der Waals surface area contributed by atoms with Crippen LogP contribution in [0.3, 0.4) is 0 Å². The Bertz CT molecular complexity index is 1160. The van der Waals surface area contributed by atoms with Crippen LogP contribution in [0.15, 0.2) is 36.7 Å². The fraction of sp³-hybridized carbons (Fsp3) is 0.125. The van der Waals surface area contributed by atoms with Crippen molar-refractivity contribution in [3.63, 3.8) is 0 Å². The van der Waals surface area contributed by atoms with Gasteiger partial charge in [0.1, 0.15) is 11.8 Å². The van der Waals surface area contributed by atoms with Gasteiger partial charge >= 0.3 is 6.18 Å². The molecule has 0 unspecified atom stereocenters. The average Bonchev–Trinajstić information content (AvgIpc) is 3.18. The van der Waals surface area contributed by atoms with Crippen molar-refractivity contribution in [2.45, 2.75) is 13.1 Å². The van der Waals surface area contributed by atoms with Gasteiger partial charge in [-0.15, -0.1) is 5.10 Å². The lowest BCUT2D eigenvalue weighted by molar-refractivity contribution is -0.144. The third-order valence-electron chi connectivity index (χ3n) is 3.86. The van der Waals surface area contributed by atoms with Crippen LogP contribution in [-0.4, -0.2) is 24.4 Å². The Labute approximate surface area is 138 Å². The molecule has 0 aliphatic carbocycles. The van der Waals surface area contributed by atoms with E-state index in [9.17, 15) is 18.4 Å². The maximum Gasteiger partial charge on any atom is 0.453 e. The van der Waals surface area contributed by atoms with Gasteiger partial charge in [-0.2, -0.15) is 23.5 Å². The van der Waals surface area contributed by atoms with Gasteiger partial charge in [0.05, 0.1) is 17.3 Å². The molecule has 0 radical (unpaired) electrons. The molecule has 25 heavy (non-hydrogen) atoms. The molecule has 0 amide bonds. The van der Waals surface area contributed by atoms with Crippen molar-refractivity contribution in [1.82, 2.24) is 24.4 Å². The molecule has 0 aliphatic rings. The van der Waals surface area contributed by atoms with Crippen molar-refractivity contribution in [3.8, 4) is 11.8 Å². The molecule has 0 spiro atoms. The van der Waals surface area contributed by atoms with Crippen LogP contribution >= 0.6 is 0 Å². The van der Waals surface area contributed by atoms with E-state index in [1.165, 1.54) is 16.9 Å². The number of para-hydroxylation sites is 1. The Morgan fingerprint density at radius 2 is 2.00 bits per heavy atom. The Morgan fingerprint density at radius 3 is 2.72 bits per heavy atom. The molecule has 124 valence electrons. The van der Waals surface area contributed by atoms with Gasteiger partial charge < -0.3 is 0 Å². The quantitative estimate of drug-likeness (QED) is 0.532. The van der Waals surface area contributed by atoms with Crippen LogP contribution in [0.2, 0.25) is 0 Å². The highest BCUT2D eigenvalue weighted by atomic mass is 19.4. The zero-order valence-corrected chi connectivity index (χ0v) is 12.8. The van der Waals surface area contributed by atoms with Crippen molar-refractivity contribution in [1.29, 1.82) is 5.26 Å². The SMILES string of the molecule is Cc1cccc2cnn(-c3c(C#N)ccn4nc(C(F)(F)F)nc34)c12. The first-order valence-corrected chi connectivity index (χ1v) is 7.20. The summed E-state index contributed by atoms with van der Waals surface area (Å²) in [5, 5.41) is 17.9. The zero-order valence-electron chi connectivity index (χ0n) is 12.8. The fourth-order valence-electron chi connectivity index (χ4n) is 2.77. The minimum Gasteiger partial charge on any atom is -0.228 e. The first kappa shape index (κ1) is 15.1. The summed E-state index contributed by atoms with van der Waals surface area (Å²) in [5.74, 6) is -1.27. The number of benzene rings is 1. The van der Waals surface area contributed by atoms with Gasteiger partial charge in [0.25, 0.3) is 5.82 Å². The topological polar surface area (TPSA) is 71.8 Å². The normalized spacial score (nSPS) is 12.0. The lowest BCUT2D eigenvalue weighted by atomic mass is 10.1. The Balaban J connectivity index is 2.12. The van der Waals surface area contributed by atoms with Crippen LogP contribution in [0, 0.1) is 18.3 Å². The Kier molecular flexibility index (Phi) is 3.05. The van der Waals surface area contributed by atoms with Crippen molar-refractivity contribution >= 4 is 16.6 Å². The number of hydrogen-bond donors (Lipinski definition) is 0. The molecular formula is C16H9F3N6. The van der Waals surface area contributed by atoms with E-state index in [0.29, 0.717) is 5.52 Å². The van der Waals surface area contributed by atoms with E-state index in [1.54, 1.807) is 6.20 Å². The third-order valence-corrected chi connectivity index (χ3v) is 3.86. The molecule has 3 heterocycles. The number of fused-ring (bicyclic) bond motifs is 2. The van der Waals surface area contributed by atoms with Gasteiger partial charge in [-0.05, 0) is 18.6 Å². The molecule has 0 atom stereocenters. The second-order valence-electron chi connectivity index (χ2n) is 5.46. The van der Waals surface area contributed by atoms with Gasteiger partial charge in [-0.3, -0.25) is 0 Å². The standard InChI is InChI=1S/C16H9F3N6/c1-9-3-2-4-11-8-21-25(12(9)11)13-10(7-20)5-6-24-14(13)22-15(23-24)16(17,18)19/h2-6,8H,1H3. The molecule has 1 aromatic carbocycles. The van der Waals surface area contributed by atoms with Crippen LogP contribution in [0.4, 0.5) is 13.2 Å². The first-order valence-electron chi connectivity index (χ1n) is 7.20. The Hall–Kier alpha value is -3.41. The highest BCUT2D eigenvalue weighted by molar-refractivity contribution is 5.85. The smallest absolute Gasteiger partial charge is 0.228 e. The van der Waals surface area contributed by atoms with Crippen molar-refractivity contribution < 1.29 is 13.2 Å². The van der Waals surface area contributed by atoms with E-state index in [2.05, 4.69) is 15.2 Å². The van der Waals surface area contributed by atoms with E-state index in [4.69, 9.17) is 0 Å². The van der Waals surface area contributed by atoms with Crippen LogP contribution < -0.4 is 0 Å². The number of hydrogen-bond acceptors (Lipinski definition) is 4. The summed E-state index contributed by atoms with van der Waals surface area (Å²) in [7, 11) is 0. The summed E-state index contributed by atoms with van der Waals surface area (Å²) in [6.45, 7) is 1.86. The average molecular weight is 342 g/mol. The van der Waals surface area contributed by atoms with Gasteiger partial charge in [-0.1, -0.05) is 18.2 Å². The molecule has 3 aromatic heterocycles. The minimum atomic E-state index is -4.68. The highest BCUT2D eigenvalue weighted by Gasteiger charge is 2.37. The van der Waals surface area contributed by atoms with Crippen LogP contribution in [0.5, 0.6) is 0 Å².